The number of H-pyrrole nitrogens is 1. The third-order valence-corrected chi connectivity index (χ3v) is 6.54. The Morgan fingerprint density at radius 3 is 2.20 bits per heavy atom. The number of hydrogen-bond acceptors (Lipinski definition) is 4. The van der Waals surface area contributed by atoms with Crippen LogP contribution in [0.25, 0.3) is 0 Å². The monoisotopic (exact) mass is 479 g/mol. The maximum Gasteiger partial charge on any atom is 0.268 e. The number of aromatic amines is 1. The number of aldehydes is 1. The summed E-state index contributed by atoms with van der Waals surface area (Å²) < 4.78 is 0. The molecule has 2 atom stereocenters. The zero-order chi connectivity index (χ0) is 24.9. The van der Waals surface area contributed by atoms with Gasteiger partial charge in [0.15, 0.2) is 5.78 Å². The smallest absolute Gasteiger partial charge is 0.268 e. The first-order chi connectivity index (χ1) is 17.1. The molecule has 2 unspecified atom stereocenters. The first-order valence-corrected chi connectivity index (χ1v) is 12.9. The van der Waals surface area contributed by atoms with Crippen molar-refractivity contribution < 1.29 is 19.2 Å². The third-order valence-electron chi connectivity index (χ3n) is 6.54. The van der Waals surface area contributed by atoms with Gasteiger partial charge in [-0.05, 0) is 37.0 Å². The molecule has 1 aliphatic heterocycles. The molecule has 0 spiro atoms. The Morgan fingerprint density at radius 1 is 0.886 bits per heavy atom. The molecule has 2 heterocycles. The van der Waals surface area contributed by atoms with Crippen molar-refractivity contribution in [2.75, 3.05) is 0 Å². The van der Waals surface area contributed by atoms with E-state index in [-0.39, 0.29) is 17.4 Å². The Hall–Kier alpha value is -3.22. The van der Waals surface area contributed by atoms with Crippen LogP contribution in [-0.4, -0.2) is 41.0 Å². The lowest BCUT2D eigenvalue weighted by molar-refractivity contribution is -0.125. The van der Waals surface area contributed by atoms with Gasteiger partial charge >= 0.3 is 0 Å². The number of hydrogen-bond donors (Lipinski definition) is 3. The van der Waals surface area contributed by atoms with Crippen LogP contribution in [-0.2, 0) is 16.0 Å². The lowest BCUT2D eigenvalue weighted by Gasteiger charge is -2.21. The number of amides is 2. The van der Waals surface area contributed by atoms with Gasteiger partial charge in [0.2, 0.25) is 5.91 Å². The van der Waals surface area contributed by atoms with Gasteiger partial charge in [-0.25, -0.2) is 0 Å². The van der Waals surface area contributed by atoms with Crippen LogP contribution in [0.2, 0.25) is 0 Å². The molecule has 0 aliphatic carbocycles. The van der Waals surface area contributed by atoms with Crippen LogP contribution in [0.4, 0.5) is 0 Å². The van der Waals surface area contributed by atoms with Gasteiger partial charge in [0, 0.05) is 6.42 Å². The van der Waals surface area contributed by atoms with Gasteiger partial charge < -0.3 is 20.4 Å². The highest BCUT2D eigenvalue weighted by Crippen LogP contribution is 2.15. The van der Waals surface area contributed by atoms with Gasteiger partial charge in [-0.15, -0.1) is 0 Å². The maximum atomic E-state index is 13.1. The summed E-state index contributed by atoms with van der Waals surface area (Å²) in [4.78, 5) is 53.0. The van der Waals surface area contributed by atoms with E-state index in [1.54, 1.807) is 12.1 Å². The van der Waals surface area contributed by atoms with E-state index >= 15 is 0 Å². The van der Waals surface area contributed by atoms with Crippen LogP contribution >= 0.6 is 0 Å². The summed E-state index contributed by atoms with van der Waals surface area (Å²) in [6, 6.07) is 11.3. The molecule has 35 heavy (non-hydrogen) atoms. The molecule has 2 bridgehead atoms. The summed E-state index contributed by atoms with van der Waals surface area (Å²) in [5.41, 5.74) is 1.62. The first-order valence-electron chi connectivity index (χ1n) is 12.9. The van der Waals surface area contributed by atoms with Gasteiger partial charge in [0.25, 0.3) is 5.91 Å². The number of Topliss-reactive ketones (excluding diaryl/α,β-unsaturated/α-hetero) is 1. The predicted molar refractivity (Wildman–Crippen MR) is 135 cm³/mol. The average molecular weight is 480 g/mol. The van der Waals surface area contributed by atoms with Crippen LogP contribution < -0.4 is 10.6 Å². The summed E-state index contributed by atoms with van der Waals surface area (Å²) in [7, 11) is 0. The van der Waals surface area contributed by atoms with Crippen LogP contribution in [0.1, 0.15) is 97.2 Å². The molecule has 0 saturated heterocycles. The molecular weight excluding hydrogens is 442 g/mol. The Kier molecular flexibility index (Phi) is 10.7. The minimum absolute atomic E-state index is 0.00537. The molecule has 0 radical (unpaired) electrons. The van der Waals surface area contributed by atoms with Gasteiger partial charge in [-0.1, -0.05) is 81.7 Å². The van der Waals surface area contributed by atoms with E-state index in [4.69, 9.17) is 0 Å². The second-order valence-electron chi connectivity index (χ2n) is 9.40. The largest absolute Gasteiger partial charge is 0.348 e. The third kappa shape index (κ3) is 8.81. The SMILES string of the molecule is O=CC(Cc1ccccc1)NC(=O)C1CCCCCCCCCCCC(=O)c2ccc([nH]2)C(=O)N1. The van der Waals surface area contributed by atoms with Crippen LogP contribution in [0, 0.1) is 0 Å². The summed E-state index contributed by atoms with van der Waals surface area (Å²) >= 11 is 0. The van der Waals surface area contributed by atoms with E-state index in [1.165, 1.54) is 12.8 Å². The Morgan fingerprint density at radius 2 is 1.51 bits per heavy atom. The average Bonchev–Trinajstić information content (AvgIpc) is 3.36. The number of fused-ring (bicyclic) bond motifs is 2. The quantitative estimate of drug-likeness (QED) is 0.548. The highest BCUT2D eigenvalue weighted by atomic mass is 16.2. The molecule has 1 aliphatic rings. The molecule has 2 amide bonds. The standard InChI is InChI=1S/C28H37N3O4/c32-20-22(19-21-13-9-8-10-14-21)29-27(34)24-15-11-6-4-2-1-3-5-7-12-16-26(33)23-17-18-25(30-23)28(35)31-24/h8-10,13-14,17-18,20,22,24,30H,1-7,11-12,15-16,19H2,(H,29,34)(H,31,35). The summed E-state index contributed by atoms with van der Waals surface area (Å²) in [6.45, 7) is 0. The van der Waals surface area contributed by atoms with Gasteiger partial charge in [-0.3, -0.25) is 14.4 Å². The summed E-state index contributed by atoms with van der Waals surface area (Å²) in [5.74, 6) is -0.811. The Balaban J connectivity index is 1.68. The number of benzene rings is 1. The molecule has 1 aromatic heterocycles. The topological polar surface area (TPSA) is 108 Å². The van der Waals surface area contributed by atoms with Crippen molar-refractivity contribution >= 4 is 23.9 Å². The number of ketones is 1. The number of nitrogens with one attached hydrogen (secondary N) is 3. The minimum atomic E-state index is -0.762. The molecule has 188 valence electrons. The fourth-order valence-corrected chi connectivity index (χ4v) is 4.49. The van der Waals surface area contributed by atoms with Gasteiger partial charge in [-0.2, -0.15) is 0 Å². The molecular formula is C28H37N3O4. The molecule has 7 nitrogen and oxygen atoms in total. The minimum Gasteiger partial charge on any atom is -0.348 e. The second kappa shape index (κ2) is 14.2. The van der Waals surface area contributed by atoms with Crippen molar-refractivity contribution in [2.45, 2.75) is 89.1 Å². The van der Waals surface area contributed by atoms with Crippen molar-refractivity contribution in [3.63, 3.8) is 0 Å². The van der Waals surface area contributed by atoms with Crippen LogP contribution in [0.5, 0.6) is 0 Å². The van der Waals surface area contributed by atoms with Gasteiger partial charge in [0.1, 0.15) is 18.0 Å². The zero-order valence-electron chi connectivity index (χ0n) is 20.4. The highest BCUT2D eigenvalue weighted by Gasteiger charge is 2.24. The van der Waals surface area contributed by atoms with Crippen molar-refractivity contribution in [3.05, 3.63) is 59.4 Å². The number of carbonyl (C=O) groups is 4. The van der Waals surface area contributed by atoms with E-state index in [0.717, 1.165) is 56.8 Å². The second-order valence-corrected chi connectivity index (χ2v) is 9.40. The van der Waals surface area contributed by atoms with E-state index in [2.05, 4.69) is 15.6 Å². The number of aromatic nitrogens is 1. The lowest BCUT2D eigenvalue weighted by atomic mass is 10.0. The van der Waals surface area contributed by atoms with Crippen molar-refractivity contribution in [3.8, 4) is 0 Å². The van der Waals surface area contributed by atoms with Crippen LogP contribution in [0.15, 0.2) is 42.5 Å². The summed E-state index contributed by atoms with van der Waals surface area (Å²) in [5, 5.41) is 5.61. The van der Waals surface area contributed by atoms with E-state index in [1.807, 2.05) is 30.3 Å². The van der Waals surface area contributed by atoms with E-state index in [0.29, 0.717) is 25.0 Å². The maximum absolute atomic E-state index is 13.1. The molecule has 7 heteroatoms. The normalized spacial score (nSPS) is 19.6. The lowest BCUT2D eigenvalue weighted by Crippen LogP contribution is -2.50. The zero-order valence-corrected chi connectivity index (χ0v) is 20.4. The van der Waals surface area contributed by atoms with E-state index < -0.39 is 18.0 Å². The molecule has 3 N–H and O–H groups in total. The molecule has 3 rings (SSSR count). The first kappa shape index (κ1) is 26.4. The molecule has 1 aromatic carbocycles. The Bertz CT molecular complexity index is 970. The number of rotatable bonds is 5. The van der Waals surface area contributed by atoms with Crippen molar-refractivity contribution in [1.82, 2.24) is 15.6 Å². The highest BCUT2D eigenvalue weighted by molar-refractivity contribution is 6.00. The van der Waals surface area contributed by atoms with Gasteiger partial charge in [0.05, 0.1) is 11.7 Å². The fraction of sp³-hybridized carbons (Fsp3) is 0.500. The molecule has 2 aromatic rings. The Labute approximate surface area is 207 Å². The molecule has 0 saturated carbocycles. The summed E-state index contributed by atoms with van der Waals surface area (Å²) in [6.07, 6.45) is 11.5. The fourth-order valence-electron chi connectivity index (χ4n) is 4.49. The van der Waals surface area contributed by atoms with Crippen molar-refractivity contribution in [2.24, 2.45) is 0 Å². The van der Waals surface area contributed by atoms with Crippen LogP contribution in [0.3, 0.4) is 0 Å². The number of carbonyl (C=O) groups excluding carboxylic acids is 4. The molecule has 0 fully saturated rings. The van der Waals surface area contributed by atoms with E-state index in [9.17, 15) is 19.2 Å². The predicted octanol–water partition coefficient (Wildman–Crippen LogP) is 4.53. The van der Waals surface area contributed by atoms with Crippen molar-refractivity contribution in [1.29, 1.82) is 0 Å².